The Morgan fingerprint density at radius 1 is 0.721 bits per heavy atom. The van der Waals surface area contributed by atoms with Crippen molar-refractivity contribution in [3.05, 3.63) is 94.8 Å². The van der Waals surface area contributed by atoms with Gasteiger partial charge in [0.15, 0.2) is 17.5 Å². The van der Waals surface area contributed by atoms with Crippen LogP contribution >= 0.6 is 0 Å². The molecule has 43 heavy (non-hydrogen) atoms. The predicted octanol–water partition coefficient (Wildman–Crippen LogP) is 9.26. The van der Waals surface area contributed by atoms with E-state index in [1.165, 1.54) is 37.7 Å². The highest BCUT2D eigenvalue weighted by molar-refractivity contribution is 5.31. The predicted molar refractivity (Wildman–Crippen MR) is 145 cm³/mol. The van der Waals surface area contributed by atoms with Crippen molar-refractivity contribution in [3.8, 4) is 11.5 Å². The molecule has 0 aliphatic carbocycles. The van der Waals surface area contributed by atoms with Crippen LogP contribution in [0.3, 0.4) is 0 Å². The quantitative estimate of drug-likeness (QED) is 0.103. The van der Waals surface area contributed by atoms with Crippen molar-refractivity contribution in [3.63, 3.8) is 0 Å². The van der Waals surface area contributed by atoms with E-state index in [1.54, 1.807) is 0 Å². The van der Waals surface area contributed by atoms with Crippen LogP contribution in [0, 0.1) is 17.5 Å². The standard InChI is InChI=1S/C32H33F7O4/c1-2-3-4-5-6-7-8-21-9-11-22(12-10-21)23-19-40-30(41-20-23)32(38,39)42-25-15-13-24(14-16-25)31(36,37)43-26-17-27(33)29(35)28(34)18-26/h9-18,23,30H,2-8,19-20H2,1H3. The van der Waals surface area contributed by atoms with Gasteiger partial charge in [0.05, 0.1) is 18.8 Å². The lowest BCUT2D eigenvalue weighted by atomic mass is 9.97. The molecule has 0 radical (unpaired) electrons. The molecule has 234 valence electrons. The Balaban J connectivity index is 1.27. The Hall–Kier alpha value is -3.31. The van der Waals surface area contributed by atoms with Crippen LogP contribution in [-0.4, -0.2) is 25.6 Å². The Labute approximate surface area is 245 Å². The number of unbranched alkanes of at least 4 members (excludes halogenated alkanes) is 5. The number of alkyl halides is 4. The number of hydrogen-bond acceptors (Lipinski definition) is 4. The first-order valence-electron chi connectivity index (χ1n) is 14.2. The van der Waals surface area contributed by atoms with Crippen LogP contribution in [0.4, 0.5) is 30.7 Å². The summed E-state index contributed by atoms with van der Waals surface area (Å²) >= 11 is 0. The number of aryl methyl sites for hydroxylation is 1. The van der Waals surface area contributed by atoms with E-state index in [1.807, 2.05) is 24.3 Å². The van der Waals surface area contributed by atoms with Gasteiger partial charge in [-0.25, -0.2) is 13.2 Å². The first-order chi connectivity index (χ1) is 20.5. The SMILES string of the molecule is CCCCCCCCc1ccc(C2COC(C(F)(F)Oc3ccc(C(F)(F)Oc4cc(F)c(F)c(F)c4)cc3)OC2)cc1. The molecule has 11 heteroatoms. The lowest BCUT2D eigenvalue weighted by molar-refractivity contribution is -0.347. The Morgan fingerprint density at radius 2 is 1.30 bits per heavy atom. The molecule has 1 fully saturated rings. The van der Waals surface area contributed by atoms with Crippen molar-refractivity contribution in [1.82, 2.24) is 0 Å². The Kier molecular flexibility index (Phi) is 10.9. The third-order valence-electron chi connectivity index (χ3n) is 7.09. The smallest absolute Gasteiger partial charge is 0.429 e. The molecular weight excluding hydrogens is 581 g/mol. The molecule has 4 nitrogen and oxygen atoms in total. The summed E-state index contributed by atoms with van der Waals surface area (Å²) in [7, 11) is 0. The van der Waals surface area contributed by atoms with Crippen molar-refractivity contribution >= 4 is 0 Å². The van der Waals surface area contributed by atoms with Crippen molar-refractivity contribution in [2.24, 2.45) is 0 Å². The number of ether oxygens (including phenoxy) is 4. The van der Waals surface area contributed by atoms with Gasteiger partial charge >= 0.3 is 12.2 Å². The zero-order valence-electron chi connectivity index (χ0n) is 23.6. The zero-order chi connectivity index (χ0) is 31.0. The third-order valence-corrected chi connectivity index (χ3v) is 7.09. The second kappa shape index (κ2) is 14.4. The molecule has 4 rings (SSSR count). The van der Waals surface area contributed by atoms with E-state index in [-0.39, 0.29) is 31.3 Å². The topological polar surface area (TPSA) is 36.9 Å². The molecule has 3 aromatic carbocycles. The van der Waals surface area contributed by atoms with Crippen LogP contribution < -0.4 is 9.47 Å². The maximum atomic E-state index is 14.8. The van der Waals surface area contributed by atoms with Crippen molar-refractivity contribution in [1.29, 1.82) is 0 Å². The normalized spacial score (nSPS) is 17.6. The van der Waals surface area contributed by atoms with E-state index < -0.39 is 53.0 Å². The fourth-order valence-electron chi connectivity index (χ4n) is 4.68. The first-order valence-corrected chi connectivity index (χ1v) is 14.2. The largest absolute Gasteiger partial charge is 0.451 e. The summed E-state index contributed by atoms with van der Waals surface area (Å²) in [4.78, 5) is 0. The van der Waals surface area contributed by atoms with Crippen LogP contribution in [0.25, 0.3) is 0 Å². The highest BCUT2D eigenvalue weighted by atomic mass is 19.3. The highest BCUT2D eigenvalue weighted by Gasteiger charge is 2.47. The molecule has 0 bridgehead atoms. The fraction of sp³-hybridized carbons (Fsp3) is 0.438. The van der Waals surface area contributed by atoms with E-state index in [4.69, 9.17) is 9.47 Å². The van der Waals surface area contributed by atoms with Crippen LogP contribution in [-0.2, 0) is 22.0 Å². The molecular formula is C32H33F7O4. The summed E-state index contributed by atoms with van der Waals surface area (Å²) in [6, 6.07) is 11.6. The molecule has 1 saturated heterocycles. The van der Waals surface area contributed by atoms with Crippen molar-refractivity contribution in [2.45, 2.75) is 76.3 Å². The van der Waals surface area contributed by atoms with Crippen molar-refractivity contribution in [2.75, 3.05) is 13.2 Å². The Morgan fingerprint density at radius 3 is 1.91 bits per heavy atom. The zero-order valence-corrected chi connectivity index (χ0v) is 23.6. The number of benzene rings is 3. The summed E-state index contributed by atoms with van der Waals surface area (Å²) in [5.74, 6) is -6.97. The van der Waals surface area contributed by atoms with Crippen molar-refractivity contribution < 1.29 is 49.7 Å². The van der Waals surface area contributed by atoms with Gasteiger partial charge in [-0.05, 0) is 48.2 Å². The summed E-state index contributed by atoms with van der Waals surface area (Å²) in [6.07, 6.45) is -1.83. The molecule has 0 saturated carbocycles. The molecule has 0 spiro atoms. The fourth-order valence-corrected chi connectivity index (χ4v) is 4.68. The lowest BCUT2D eigenvalue weighted by Gasteiger charge is -2.33. The van der Waals surface area contributed by atoms with Crippen LogP contribution in [0.5, 0.6) is 11.5 Å². The minimum atomic E-state index is -4.13. The lowest BCUT2D eigenvalue weighted by Crippen LogP contribution is -2.47. The minimum absolute atomic E-state index is 0.0343. The molecule has 3 aromatic rings. The monoisotopic (exact) mass is 614 g/mol. The average Bonchev–Trinajstić information content (AvgIpc) is 2.98. The van der Waals surface area contributed by atoms with Gasteiger partial charge in [-0.15, -0.1) is 0 Å². The molecule has 0 unspecified atom stereocenters. The van der Waals surface area contributed by atoms with Gasteiger partial charge in [0.25, 0.3) is 6.29 Å². The maximum absolute atomic E-state index is 14.8. The van der Waals surface area contributed by atoms with Gasteiger partial charge in [-0.1, -0.05) is 63.3 Å². The summed E-state index contributed by atoms with van der Waals surface area (Å²) in [6.45, 7) is 2.12. The van der Waals surface area contributed by atoms with E-state index in [2.05, 4.69) is 16.4 Å². The average molecular weight is 615 g/mol. The summed E-state index contributed by atoms with van der Waals surface area (Å²) in [5, 5.41) is 0. The summed E-state index contributed by atoms with van der Waals surface area (Å²) in [5.41, 5.74) is 1.28. The highest BCUT2D eigenvalue weighted by Crippen LogP contribution is 2.36. The second-order valence-corrected chi connectivity index (χ2v) is 10.5. The first kappa shape index (κ1) is 32.6. The molecule has 1 heterocycles. The van der Waals surface area contributed by atoms with Crippen LogP contribution in [0.1, 0.15) is 68.1 Å². The maximum Gasteiger partial charge on any atom is 0.451 e. The second-order valence-electron chi connectivity index (χ2n) is 10.5. The van der Waals surface area contributed by atoms with E-state index in [9.17, 15) is 30.7 Å². The summed E-state index contributed by atoms with van der Waals surface area (Å²) < 4.78 is 118. The van der Waals surface area contributed by atoms with Crippen LogP contribution in [0.15, 0.2) is 60.7 Å². The van der Waals surface area contributed by atoms with E-state index >= 15 is 0 Å². The third kappa shape index (κ3) is 8.86. The number of hydrogen-bond donors (Lipinski definition) is 0. The van der Waals surface area contributed by atoms with Gasteiger partial charge < -0.3 is 18.9 Å². The molecule has 0 N–H and O–H groups in total. The molecule has 1 aliphatic rings. The van der Waals surface area contributed by atoms with Gasteiger partial charge in [-0.3, -0.25) is 0 Å². The molecule has 1 aliphatic heterocycles. The van der Waals surface area contributed by atoms with E-state index in [0.29, 0.717) is 0 Å². The Bertz CT molecular complexity index is 1290. The minimum Gasteiger partial charge on any atom is -0.429 e. The van der Waals surface area contributed by atoms with Gasteiger partial charge in [0, 0.05) is 18.1 Å². The van der Waals surface area contributed by atoms with E-state index in [0.717, 1.165) is 42.7 Å². The number of rotatable bonds is 14. The van der Waals surface area contributed by atoms with Gasteiger partial charge in [0.2, 0.25) is 0 Å². The molecule has 0 atom stereocenters. The van der Waals surface area contributed by atoms with Crippen LogP contribution in [0.2, 0.25) is 0 Å². The molecule has 0 amide bonds. The number of halogens is 7. The molecule has 0 aromatic heterocycles. The van der Waals surface area contributed by atoms with Gasteiger partial charge in [0.1, 0.15) is 11.5 Å². The van der Waals surface area contributed by atoms with Gasteiger partial charge in [-0.2, -0.15) is 17.6 Å².